The fourth-order valence-electron chi connectivity index (χ4n) is 1.78. The Morgan fingerprint density at radius 2 is 1.88 bits per heavy atom. The van der Waals surface area contributed by atoms with Crippen LogP contribution in [0.15, 0.2) is 53.6 Å². The van der Waals surface area contributed by atoms with Crippen LogP contribution >= 0.6 is 12.2 Å². The van der Waals surface area contributed by atoms with Gasteiger partial charge in [-0.3, -0.25) is 5.43 Å². The van der Waals surface area contributed by atoms with Gasteiger partial charge in [-0.1, -0.05) is 12.1 Å². The molecule has 0 atom stereocenters. The van der Waals surface area contributed by atoms with Crippen molar-refractivity contribution in [3.8, 4) is 11.5 Å². The minimum Gasteiger partial charge on any atom is -0.497 e. The van der Waals surface area contributed by atoms with Crippen molar-refractivity contribution >= 4 is 29.2 Å². The van der Waals surface area contributed by atoms with E-state index in [1.54, 1.807) is 49.6 Å². The number of ether oxygens (including phenoxy) is 2. The van der Waals surface area contributed by atoms with Gasteiger partial charge in [0, 0.05) is 11.3 Å². The third-order valence-corrected chi connectivity index (χ3v) is 3.05. The van der Waals surface area contributed by atoms with E-state index in [2.05, 4.69) is 20.6 Å². The summed E-state index contributed by atoms with van der Waals surface area (Å²) >= 11 is 5.10. The van der Waals surface area contributed by atoms with E-state index in [1.807, 2.05) is 0 Å². The van der Waals surface area contributed by atoms with Crippen LogP contribution < -0.4 is 20.2 Å². The Hall–Kier alpha value is -2.74. The molecule has 0 aliphatic heterocycles. The van der Waals surface area contributed by atoms with Crippen LogP contribution in [0.3, 0.4) is 0 Å². The zero-order valence-corrected chi connectivity index (χ0v) is 13.5. The maximum Gasteiger partial charge on any atom is 0.387 e. The van der Waals surface area contributed by atoms with E-state index in [4.69, 9.17) is 17.0 Å². The molecule has 2 N–H and O–H groups in total. The second kappa shape index (κ2) is 8.78. The lowest BCUT2D eigenvalue weighted by Crippen LogP contribution is -2.23. The van der Waals surface area contributed by atoms with Gasteiger partial charge in [0.2, 0.25) is 0 Å². The molecule has 2 rings (SSSR count). The zero-order chi connectivity index (χ0) is 17.4. The van der Waals surface area contributed by atoms with Crippen molar-refractivity contribution in [3.63, 3.8) is 0 Å². The number of hydrogen-bond donors (Lipinski definition) is 2. The van der Waals surface area contributed by atoms with Crippen molar-refractivity contribution in [2.75, 3.05) is 12.4 Å². The molecule has 126 valence electrons. The molecule has 0 amide bonds. The number of hydrogen-bond acceptors (Lipinski definition) is 4. The normalized spacial score (nSPS) is 10.7. The van der Waals surface area contributed by atoms with E-state index in [1.165, 1.54) is 12.3 Å². The summed E-state index contributed by atoms with van der Waals surface area (Å²) < 4.78 is 34.1. The van der Waals surface area contributed by atoms with E-state index >= 15 is 0 Å². The number of nitrogens with zero attached hydrogens (tertiary/aromatic N) is 1. The predicted octanol–water partition coefficient (Wildman–Crippen LogP) is 3.62. The molecule has 0 heterocycles. The van der Waals surface area contributed by atoms with Gasteiger partial charge in [0.25, 0.3) is 0 Å². The van der Waals surface area contributed by atoms with Gasteiger partial charge in [0.05, 0.1) is 13.3 Å². The van der Waals surface area contributed by atoms with Gasteiger partial charge in [-0.25, -0.2) is 0 Å². The molecule has 8 heteroatoms. The number of halogens is 2. The van der Waals surface area contributed by atoms with Gasteiger partial charge >= 0.3 is 6.61 Å². The van der Waals surface area contributed by atoms with E-state index in [0.717, 1.165) is 11.4 Å². The standard InChI is InChI=1S/C16H15F2N3O2S/c1-22-13-8-6-12(7-9-13)20-16(24)21-19-10-11-4-2-3-5-14(11)23-15(17)18/h2-10,15H,1H3,(H2,20,21,24)/b19-10-. The number of para-hydroxylation sites is 1. The molecular weight excluding hydrogens is 336 g/mol. The summed E-state index contributed by atoms with van der Waals surface area (Å²) in [5.74, 6) is 0.764. The summed E-state index contributed by atoms with van der Waals surface area (Å²) in [6, 6.07) is 13.5. The van der Waals surface area contributed by atoms with Crippen LogP contribution in [0.2, 0.25) is 0 Å². The van der Waals surface area contributed by atoms with Crippen LogP contribution in [0.4, 0.5) is 14.5 Å². The Balaban J connectivity index is 1.92. The summed E-state index contributed by atoms with van der Waals surface area (Å²) in [5.41, 5.74) is 3.76. The molecule has 0 aliphatic rings. The van der Waals surface area contributed by atoms with Crippen molar-refractivity contribution in [1.82, 2.24) is 5.43 Å². The quantitative estimate of drug-likeness (QED) is 0.473. The van der Waals surface area contributed by atoms with Crippen LogP contribution in [-0.4, -0.2) is 25.0 Å². The van der Waals surface area contributed by atoms with Gasteiger partial charge in [-0.15, -0.1) is 0 Å². The fourth-order valence-corrected chi connectivity index (χ4v) is 1.95. The molecule has 0 fully saturated rings. The van der Waals surface area contributed by atoms with E-state index < -0.39 is 6.61 Å². The Labute approximate surface area is 143 Å². The van der Waals surface area contributed by atoms with Crippen LogP contribution in [0.5, 0.6) is 11.5 Å². The van der Waals surface area contributed by atoms with Crippen molar-refractivity contribution in [1.29, 1.82) is 0 Å². The average Bonchev–Trinajstić information content (AvgIpc) is 2.56. The summed E-state index contributed by atoms with van der Waals surface area (Å²) in [5, 5.41) is 7.09. The summed E-state index contributed by atoms with van der Waals surface area (Å²) in [6.45, 7) is -2.90. The first-order valence-electron chi connectivity index (χ1n) is 6.86. The topological polar surface area (TPSA) is 54.9 Å². The highest BCUT2D eigenvalue weighted by Gasteiger charge is 2.07. The maximum absolute atomic E-state index is 12.3. The third kappa shape index (κ3) is 5.47. The lowest BCUT2D eigenvalue weighted by molar-refractivity contribution is -0.0499. The minimum atomic E-state index is -2.90. The van der Waals surface area contributed by atoms with Crippen LogP contribution in [0, 0.1) is 0 Å². The first kappa shape index (κ1) is 17.6. The Morgan fingerprint density at radius 1 is 1.17 bits per heavy atom. The van der Waals surface area contributed by atoms with Crippen molar-refractivity contribution in [2.24, 2.45) is 5.10 Å². The molecule has 0 saturated carbocycles. The lowest BCUT2D eigenvalue weighted by Gasteiger charge is -2.08. The number of rotatable bonds is 6. The number of anilines is 1. The molecule has 0 spiro atoms. The maximum atomic E-state index is 12.3. The summed E-state index contributed by atoms with van der Waals surface area (Å²) in [7, 11) is 1.58. The van der Waals surface area contributed by atoms with Crippen LogP contribution in [0.1, 0.15) is 5.56 Å². The van der Waals surface area contributed by atoms with Crippen LogP contribution in [0.25, 0.3) is 0 Å². The molecule has 0 unspecified atom stereocenters. The number of methoxy groups -OCH3 is 1. The molecule has 0 aliphatic carbocycles. The predicted molar refractivity (Wildman–Crippen MR) is 93.0 cm³/mol. The Bertz CT molecular complexity index is 709. The molecule has 2 aromatic carbocycles. The van der Waals surface area contributed by atoms with Crippen molar-refractivity contribution < 1.29 is 18.3 Å². The SMILES string of the molecule is COc1ccc(NC(=S)N/N=C\c2ccccc2OC(F)F)cc1. The second-order valence-electron chi connectivity index (χ2n) is 4.47. The molecule has 0 aromatic heterocycles. The molecule has 0 radical (unpaired) electrons. The highest BCUT2D eigenvalue weighted by molar-refractivity contribution is 7.80. The van der Waals surface area contributed by atoms with Gasteiger partial charge in [-0.05, 0) is 48.6 Å². The third-order valence-electron chi connectivity index (χ3n) is 2.85. The lowest BCUT2D eigenvalue weighted by atomic mass is 10.2. The summed E-state index contributed by atoms with van der Waals surface area (Å²) in [4.78, 5) is 0. The second-order valence-corrected chi connectivity index (χ2v) is 4.88. The molecule has 5 nitrogen and oxygen atoms in total. The molecule has 0 bridgehead atoms. The number of thiocarbonyl (C=S) groups is 1. The number of benzene rings is 2. The number of alkyl halides is 2. The summed E-state index contributed by atoms with van der Waals surface area (Å²) in [6.07, 6.45) is 1.35. The van der Waals surface area contributed by atoms with Gasteiger partial charge in [-0.2, -0.15) is 13.9 Å². The first-order chi connectivity index (χ1) is 11.6. The van der Waals surface area contributed by atoms with Crippen LogP contribution in [-0.2, 0) is 0 Å². The highest BCUT2D eigenvalue weighted by Crippen LogP contribution is 2.18. The Kier molecular flexibility index (Phi) is 6.44. The number of nitrogens with one attached hydrogen (secondary N) is 2. The first-order valence-corrected chi connectivity index (χ1v) is 7.27. The smallest absolute Gasteiger partial charge is 0.387 e. The molecule has 0 saturated heterocycles. The monoisotopic (exact) mass is 351 g/mol. The van der Waals surface area contributed by atoms with E-state index in [-0.39, 0.29) is 10.9 Å². The zero-order valence-electron chi connectivity index (χ0n) is 12.7. The van der Waals surface area contributed by atoms with Crippen molar-refractivity contribution in [2.45, 2.75) is 6.61 Å². The Morgan fingerprint density at radius 3 is 2.54 bits per heavy atom. The molecule has 24 heavy (non-hydrogen) atoms. The molecular formula is C16H15F2N3O2S. The number of hydrazone groups is 1. The average molecular weight is 351 g/mol. The molecule has 2 aromatic rings. The van der Waals surface area contributed by atoms with Crippen molar-refractivity contribution in [3.05, 3.63) is 54.1 Å². The fraction of sp³-hybridized carbons (Fsp3) is 0.125. The highest BCUT2D eigenvalue weighted by atomic mass is 32.1. The van der Waals surface area contributed by atoms with E-state index in [9.17, 15) is 8.78 Å². The van der Waals surface area contributed by atoms with E-state index in [0.29, 0.717) is 5.56 Å². The largest absolute Gasteiger partial charge is 0.497 e. The van der Waals surface area contributed by atoms with Gasteiger partial charge in [0.1, 0.15) is 11.5 Å². The minimum absolute atomic E-state index is 0.0343. The van der Waals surface area contributed by atoms with Gasteiger partial charge in [0.15, 0.2) is 5.11 Å². The van der Waals surface area contributed by atoms with Gasteiger partial charge < -0.3 is 14.8 Å².